The van der Waals surface area contributed by atoms with Crippen LogP contribution in [0.4, 0.5) is 5.69 Å². The maximum atomic E-state index is 12.9. The van der Waals surface area contributed by atoms with Crippen molar-refractivity contribution in [1.29, 1.82) is 0 Å². The van der Waals surface area contributed by atoms with Crippen molar-refractivity contribution in [2.24, 2.45) is 4.99 Å². The Hall–Kier alpha value is -4.27. The van der Waals surface area contributed by atoms with Crippen LogP contribution in [0.3, 0.4) is 0 Å². The van der Waals surface area contributed by atoms with Gasteiger partial charge in [0.25, 0.3) is 5.91 Å². The normalized spacial score (nSPS) is 10.8. The Morgan fingerprint density at radius 2 is 1.61 bits per heavy atom. The molecule has 0 aliphatic heterocycles. The fourth-order valence-electron chi connectivity index (χ4n) is 3.00. The molecule has 2 N–H and O–H groups in total. The number of pyridine rings is 1. The predicted molar refractivity (Wildman–Crippen MR) is 126 cm³/mol. The Morgan fingerprint density at radius 1 is 0.909 bits per heavy atom. The number of nitrogens with zero attached hydrogens (tertiary/aromatic N) is 2. The summed E-state index contributed by atoms with van der Waals surface area (Å²) in [5.41, 5.74) is 1.95. The van der Waals surface area contributed by atoms with Crippen LogP contribution in [0, 0.1) is 0 Å². The third-order valence-electron chi connectivity index (χ3n) is 4.66. The Labute approximate surface area is 192 Å². The number of ether oxygens (including phenoxy) is 4. The number of aliphatic imine (C=N–C) groups is 1. The molecule has 0 radical (unpaired) electrons. The molecule has 1 heterocycles. The van der Waals surface area contributed by atoms with Crippen LogP contribution in [0.1, 0.15) is 15.9 Å². The summed E-state index contributed by atoms with van der Waals surface area (Å²) >= 11 is 0. The Balaban J connectivity index is 1.91. The summed E-state index contributed by atoms with van der Waals surface area (Å²) in [6.45, 7) is 0.327. The zero-order valence-electron chi connectivity index (χ0n) is 18.9. The van der Waals surface area contributed by atoms with E-state index in [9.17, 15) is 4.79 Å². The molecule has 0 spiro atoms. The molecule has 3 aromatic rings. The van der Waals surface area contributed by atoms with Crippen LogP contribution in [-0.4, -0.2) is 45.3 Å². The number of aromatic nitrogens is 1. The van der Waals surface area contributed by atoms with Crippen LogP contribution in [-0.2, 0) is 6.54 Å². The molecule has 2 aromatic carbocycles. The highest BCUT2D eigenvalue weighted by molar-refractivity contribution is 6.10. The van der Waals surface area contributed by atoms with Crippen molar-refractivity contribution in [3.63, 3.8) is 0 Å². The molecule has 172 valence electrons. The number of carbonyl (C=O) groups excluding carboxylic acids is 1. The van der Waals surface area contributed by atoms with Crippen molar-refractivity contribution in [2.75, 3.05) is 33.8 Å². The van der Waals surface area contributed by atoms with Gasteiger partial charge in [0.1, 0.15) is 5.75 Å². The molecule has 1 aromatic heterocycles. The minimum atomic E-state index is -0.345. The van der Waals surface area contributed by atoms with Gasteiger partial charge in [-0.3, -0.25) is 15.1 Å². The van der Waals surface area contributed by atoms with Gasteiger partial charge in [-0.1, -0.05) is 6.07 Å². The van der Waals surface area contributed by atoms with E-state index in [4.69, 9.17) is 18.9 Å². The topological polar surface area (TPSA) is 103 Å². The van der Waals surface area contributed by atoms with E-state index in [1.54, 1.807) is 55.9 Å². The molecular formula is C24H26N4O5. The lowest BCUT2D eigenvalue weighted by atomic mass is 10.2. The molecule has 0 bridgehead atoms. The summed E-state index contributed by atoms with van der Waals surface area (Å²) in [5, 5.41) is 5.96. The summed E-state index contributed by atoms with van der Waals surface area (Å²) in [4.78, 5) is 21.5. The number of methoxy groups -OCH3 is 4. The molecule has 0 saturated heterocycles. The van der Waals surface area contributed by atoms with Gasteiger partial charge in [0, 0.05) is 35.8 Å². The number of rotatable bonds is 8. The molecule has 0 aliphatic carbocycles. The van der Waals surface area contributed by atoms with Crippen LogP contribution < -0.4 is 29.6 Å². The van der Waals surface area contributed by atoms with Crippen molar-refractivity contribution in [3.8, 4) is 23.0 Å². The molecule has 0 aliphatic rings. The highest BCUT2D eigenvalue weighted by Gasteiger charge is 2.16. The van der Waals surface area contributed by atoms with Gasteiger partial charge in [0.2, 0.25) is 11.7 Å². The summed E-state index contributed by atoms with van der Waals surface area (Å²) in [7, 11) is 6.14. The Kier molecular flexibility index (Phi) is 8.07. The van der Waals surface area contributed by atoms with Crippen molar-refractivity contribution in [2.45, 2.75) is 6.54 Å². The van der Waals surface area contributed by atoms with Crippen LogP contribution in [0.15, 0.2) is 65.9 Å². The SMILES string of the molecule is COc1cccc(C(=O)NC(=NCc2ccncc2)Nc2cc(OC)c(OC)c(OC)c2)c1. The lowest BCUT2D eigenvalue weighted by Gasteiger charge is -2.16. The quantitative estimate of drug-likeness (QED) is 0.400. The summed E-state index contributed by atoms with van der Waals surface area (Å²) in [6.07, 6.45) is 3.37. The van der Waals surface area contributed by atoms with Crippen LogP contribution in [0.2, 0.25) is 0 Å². The maximum Gasteiger partial charge on any atom is 0.258 e. The number of nitrogens with one attached hydrogen (secondary N) is 2. The van der Waals surface area contributed by atoms with Crippen molar-refractivity contribution in [1.82, 2.24) is 10.3 Å². The third kappa shape index (κ3) is 6.13. The standard InChI is InChI=1S/C24H26N4O5/c1-30-19-7-5-6-17(12-19)23(29)28-24(26-15-16-8-10-25-11-9-16)27-18-13-20(31-2)22(33-4)21(14-18)32-3/h5-14H,15H2,1-4H3,(H2,26,27,28,29). The molecule has 9 nitrogen and oxygen atoms in total. The number of hydrogen-bond donors (Lipinski definition) is 2. The van der Waals surface area contributed by atoms with Gasteiger partial charge in [-0.05, 0) is 35.9 Å². The van der Waals surface area contributed by atoms with Gasteiger partial charge in [0.15, 0.2) is 11.5 Å². The Bertz CT molecular complexity index is 1090. The van der Waals surface area contributed by atoms with Crippen molar-refractivity contribution < 1.29 is 23.7 Å². The first-order chi connectivity index (χ1) is 16.1. The number of anilines is 1. The third-order valence-corrected chi connectivity index (χ3v) is 4.66. The zero-order chi connectivity index (χ0) is 23.6. The Morgan fingerprint density at radius 3 is 2.21 bits per heavy atom. The van der Waals surface area contributed by atoms with Crippen LogP contribution in [0.5, 0.6) is 23.0 Å². The number of hydrogen-bond acceptors (Lipinski definition) is 7. The zero-order valence-corrected chi connectivity index (χ0v) is 18.9. The van der Waals surface area contributed by atoms with Gasteiger partial charge in [-0.2, -0.15) is 0 Å². The first-order valence-corrected chi connectivity index (χ1v) is 10.0. The largest absolute Gasteiger partial charge is 0.497 e. The van der Waals surface area contributed by atoms with E-state index in [1.807, 2.05) is 12.1 Å². The fourth-order valence-corrected chi connectivity index (χ4v) is 3.00. The van der Waals surface area contributed by atoms with Crippen molar-refractivity contribution in [3.05, 3.63) is 72.1 Å². The number of amides is 1. The van der Waals surface area contributed by atoms with Gasteiger partial charge < -0.3 is 24.3 Å². The molecular weight excluding hydrogens is 424 g/mol. The lowest BCUT2D eigenvalue weighted by Crippen LogP contribution is -2.36. The highest BCUT2D eigenvalue weighted by Crippen LogP contribution is 2.39. The van der Waals surface area contributed by atoms with Gasteiger partial charge >= 0.3 is 0 Å². The molecule has 3 rings (SSSR count). The monoisotopic (exact) mass is 450 g/mol. The number of guanidine groups is 1. The van der Waals surface area contributed by atoms with E-state index < -0.39 is 0 Å². The van der Waals surface area contributed by atoms with Crippen LogP contribution in [0.25, 0.3) is 0 Å². The first kappa shape index (κ1) is 23.4. The van der Waals surface area contributed by atoms with Gasteiger partial charge in [0.05, 0.1) is 35.0 Å². The van der Waals surface area contributed by atoms with Gasteiger partial charge in [-0.25, -0.2) is 4.99 Å². The number of carbonyl (C=O) groups is 1. The van der Waals surface area contributed by atoms with Crippen molar-refractivity contribution >= 4 is 17.6 Å². The van der Waals surface area contributed by atoms with E-state index in [1.165, 1.54) is 21.3 Å². The second kappa shape index (κ2) is 11.4. The summed E-state index contributed by atoms with van der Waals surface area (Å²) < 4.78 is 21.4. The fraction of sp³-hybridized carbons (Fsp3) is 0.208. The molecule has 1 amide bonds. The highest BCUT2D eigenvalue weighted by atomic mass is 16.5. The van der Waals surface area contributed by atoms with E-state index in [0.717, 1.165) is 5.56 Å². The van der Waals surface area contributed by atoms with E-state index in [-0.39, 0.29) is 11.9 Å². The molecule has 0 fully saturated rings. The average Bonchev–Trinajstić information content (AvgIpc) is 2.87. The summed E-state index contributed by atoms with van der Waals surface area (Å²) in [5.74, 6) is 1.87. The van der Waals surface area contributed by atoms with E-state index >= 15 is 0 Å². The molecule has 33 heavy (non-hydrogen) atoms. The van der Waals surface area contributed by atoms with Gasteiger partial charge in [-0.15, -0.1) is 0 Å². The summed E-state index contributed by atoms with van der Waals surface area (Å²) in [6, 6.07) is 14.0. The van der Waals surface area contributed by atoms with E-state index in [0.29, 0.717) is 40.8 Å². The minimum absolute atomic E-state index is 0.244. The maximum absolute atomic E-state index is 12.9. The lowest BCUT2D eigenvalue weighted by molar-refractivity contribution is 0.0976. The predicted octanol–water partition coefficient (Wildman–Crippen LogP) is 3.51. The molecule has 9 heteroatoms. The van der Waals surface area contributed by atoms with E-state index in [2.05, 4.69) is 20.6 Å². The smallest absolute Gasteiger partial charge is 0.258 e. The second-order valence-corrected chi connectivity index (χ2v) is 6.75. The second-order valence-electron chi connectivity index (χ2n) is 6.75. The first-order valence-electron chi connectivity index (χ1n) is 10.0. The minimum Gasteiger partial charge on any atom is -0.497 e. The molecule has 0 atom stereocenters. The molecule has 0 unspecified atom stereocenters. The molecule has 0 saturated carbocycles. The average molecular weight is 450 g/mol. The van der Waals surface area contributed by atoms with Crippen LogP contribution >= 0.6 is 0 Å². The number of benzene rings is 2.